The molecule has 1 aliphatic heterocycles. The first-order valence-electron chi connectivity index (χ1n) is 12.4. The van der Waals surface area contributed by atoms with Gasteiger partial charge in [-0.25, -0.2) is 0 Å². The van der Waals surface area contributed by atoms with Gasteiger partial charge in [-0.3, -0.25) is 9.59 Å². The van der Waals surface area contributed by atoms with Crippen LogP contribution in [0.4, 0.5) is 13.2 Å². The summed E-state index contributed by atoms with van der Waals surface area (Å²) < 4.78 is 50.9. The number of nitrogens with zero attached hydrogens (tertiary/aromatic N) is 1. The van der Waals surface area contributed by atoms with Crippen molar-refractivity contribution in [2.45, 2.75) is 39.0 Å². The number of hydrogen-bond acceptors (Lipinski definition) is 5. The number of ketones is 1. The lowest BCUT2D eigenvalue weighted by Gasteiger charge is -2.26. The summed E-state index contributed by atoms with van der Waals surface area (Å²) in [7, 11) is 1.49. The Balaban J connectivity index is 1.81. The molecule has 0 radical (unpaired) electrons. The average molecular weight is 540 g/mol. The topological polar surface area (TPSA) is 76.1 Å². The fourth-order valence-corrected chi connectivity index (χ4v) is 4.54. The summed E-state index contributed by atoms with van der Waals surface area (Å²) in [6.45, 7) is 4.02. The fraction of sp³-hybridized carbons (Fsp3) is 0.267. The van der Waals surface area contributed by atoms with Crippen molar-refractivity contribution < 1.29 is 37.3 Å². The average Bonchev–Trinajstić information content (AvgIpc) is 3.16. The first-order valence-corrected chi connectivity index (χ1v) is 12.4. The number of methoxy groups -OCH3 is 1. The zero-order valence-electron chi connectivity index (χ0n) is 21.7. The number of carbonyl (C=O) groups is 2. The number of aliphatic hydroxyl groups excluding tert-OH is 1. The van der Waals surface area contributed by atoms with Gasteiger partial charge in [0, 0.05) is 12.1 Å². The highest BCUT2D eigenvalue weighted by atomic mass is 19.4. The van der Waals surface area contributed by atoms with E-state index in [0.717, 1.165) is 24.1 Å². The quantitative estimate of drug-likeness (QED) is 0.203. The molecule has 6 nitrogen and oxygen atoms in total. The normalized spacial score (nSPS) is 17.0. The van der Waals surface area contributed by atoms with Crippen molar-refractivity contribution in [3.63, 3.8) is 0 Å². The van der Waals surface area contributed by atoms with Crippen molar-refractivity contribution in [1.29, 1.82) is 0 Å². The predicted molar refractivity (Wildman–Crippen MR) is 139 cm³/mol. The van der Waals surface area contributed by atoms with Gasteiger partial charge < -0.3 is 19.5 Å². The zero-order valence-corrected chi connectivity index (χ0v) is 21.7. The number of halogens is 3. The number of aryl methyl sites for hydroxylation is 1. The van der Waals surface area contributed by atoms with Crippen LogP contribution in [0.3, 0.4) is 0 Å². The Morgan fingerprint density at radius 2 is 1.74 bits per heavy atom. The highest BCUT2D eigenvalue weighted by Gasteiger charge is 2.46. The molecule has 1 fully saturated rings. The number of likely N-dealkylation sites (tertiary alicyclic amines) is 1. The number of ether oxygens (including phenoxy) is 2. The SMILES string of the molecule is CCCOc1ccc(/C(O)=C2\C(=O)C(=O)N(Cc3cccc(C(F)(F)F)c3)C2c2ccc(OC)cc2)cc1C. The minimum absolute atomic E-state index is 0.154. The maximum absolute atomic E-state index is 13.3. The van der Waals surface area contributed by atoms with Crippen molar-refractivity contribution in [3.05, 3.63) is 100 Å². The minimum Gasteiger partial charge on any atom is -0.507 e. The summed E-state index contributed by atoms with van der Waals surface area (Å²) in [6.07, 6.45) is -3.75. The van der Waals surface area contributed by atoms with Crippen molar-refractivity contribution in [1.82, 2.24) is 4.90 Å². The highest BCUT2D eigenvalue weighted by Crippen LogP contribution is 2.41. The molecule has 4 rings (SSSR count). The van der Waals surface area contributed by atoms with E-state index in [4.69, 9.17) is 9.47 Å². The largest absolute Gasteiger partial charge is 0.507 e. The number of alkyl halides is 3. The third kappa shape index (κ3) is 5.77. The Hall–Kier alpha value is -4.27. The van der Waals surface area contributed by atoms with Crippen LogP contribution in [0.1, 0.15) is 47.2 Å². The Morgan fingerprint density at radius 3 is 2.36 bits per heavy atom. The summed E-state index contributed by atoms with van der Waals surface area (Å²) in [5.74, 6) is -1.07. The first kappa shape index (κ1) is 27.8. The fourth-order valence-electron chi connectivity index (χ4n) is 4.54. The number of benzene rings is 3. The summed E-state index contributed by atoms with van der Waals surface area (Å²) in [5, 5.41) is 11.3. The second kappa shape index (κ2) is 11.2. The van der Waals surface area contributed by atoms with Gasteiger partial charge in [-0.2, -0.15) is 13.2 Å². The lowest BCUT2D eigenvalue weighted by Crippen LogP contribution is -2.29. The lowest BCUT2D eigenvalue weighted by atomic mass is 9.94. The van der Waals surface area contributed by atoms with Crippen LogP contribution in [0.15, 0.2) is 72.3 Å². The van der Waals surface area contributed by atoms with Crippen molar-refractivity contribution in [3.8, 4) is 11.5 Å². The van der Waals surface area contributed by atoms with Crippen molar-refractivity contribution in [2.24, 2.45) is 0 Å². The Kier molecular flexibility index (Phi) is 7.99. The maximum atomic E-state index is 13.3. The molecular weight excluding hydrogens is 511 g/mol. The number of aliphatic hydroxyl groups is 1. The van der Waals surface area contributed by atoms with Crippen molar-refractivity contribution >= 4 is 17.4 Å². The van der Waals surface area contributed by atoms with E-state index in [1.54, 1.807) is 49.4 Å². The van der Waals surface area contributed by atoms with Crippen LogP contribution in [0.25, 0.3) is 5.76 Å². The van der Waals surface area contributed by atoms with Gasteiger partial charge >= 0.3 is 6.18 Å². The molecule has 3 aromatic carbocycles. The Bertz CT molecular complexity index is 1410. The monoisotopic (exact) mass is 539 g/mol. The minimum atomic E-state index is -4.57. The molecule has 1 amide bonds. The van der Waals surface area contributed by atoms with Gasteiger partial charge in [0.25, 0.3) is 11.7 Å². The molecule has 0 bridgehead atoms. The number of carbonyl (C=O) groups excluding carboxylic acids is 2. The number of hydrogen-bond donors (Lipinski definition) is 1. The van der Waals surface area contributed by atoms with Gasteiger partial charge in [-0.05, 0) is 72.5 Å². The number of Topliss-reactive ketones (excluding diaryl/α,β-unsaturated/α-hetero) is 1. The van der Waals surface area contributed by atoms with Crippen LogP contribution < -0.4 is 9.47 Å². The Morgan fingerprint density at radius 1 is 1.03 bits per heavy atom. The summed E-state index contributed by atoms with van der Waals surface area (Å²) in [6, 6.07) is 15.1. The van der Waals surface area contributed by atoms with E-state index in [9.17, 15) is 27.9 Å². The molecule has 1 saturated heterocycles. The van der Waals surface area contributed by atoms with E-state index >= 15 is 0 Å². The molecule has 204 valence electrons. The van der Waals surface area contributed by atoms with Crippen LogP contribution in [0.2, 0.25) is 0 Å². The summed E-state index contributed by atoms with van der Waals surface area (Å²) in [5.41, 5.74) is 0.706. The molecule has 1 heterocycles. The third-order valence-electron chi connectivity index (χ3n) is 6.49. The van der Waals surface area contributed by atoms with Gasteiger partial charge in [0.1, 0.15) is 17.3 Å². The van der Waals surface area contributed by atoms with E-state index in [-0.39, 0.29) is 23.4 Å². The molecule has 0 spiro atoms. The standard InChI is InChI=1S/C30H28F3NO5/c1-4-14-39-24-13-10-21(15-18(24)2)27(35)25-26(20-8-11-23(38-3)12-9-20)34(29(37)28(25)36)17-19-6-5-7-22(16-19)30(31,32)33/h5-13,15-16,26,35H,4,14,17H2,1-3H3/b27-25+. The second-order valence-electron chi connectivity index (χ2n) is 9.23. The summed E-state index contributed by atoms with van der Waals surface area (Å²) >= 11 is 0. The molecule has 39 heavy (non-hydrogen) atoms. The molecule has 1 atom stereocenters. The van der Waals surface area contributed by atoms with Gasteiger partial charge in [-0.15, -0.1) is 0 Å². The van der Waals surface area contributed by atoms with E-state index in [1.807, 2.05) is 6.92 Å². The Labute approximate surface area is 224 Å². The van der Waals surface area contributed by atoms with Crippen LogP contribution in [0, 0.1) is 6.92 Å². The zero-order chi connectivity index (χ0) is 28.3. The second-order valence-corrected chi connectivity index (χ2v) is 9.23. The molecule has 1 unspecified atom stereocenters. The number of amides is 1. The lowest BCUT2D eigenvalue weighted by molar-refractivity contribution is -0.140. The molecule has 9 heteroatoms. The molecule has 0 saturated carbocycles. The van der Waals surface area contributed by atoms with Crippen LogP contribution in [-0.2, 0) is 22.3 Å². The smallest absolute Gasteiger partial charge is 0.416 e. The molecule has 3 aromatic rings. The first-order chi connectivity index (χ1) is 18.5. The van der Waals surface area contributed by atoms with Gasteiger partial charge in [0.15, 0.2) is 0 Å². The van der Waals surface area contributed by atoms with E-state index in [2.05, 4.69) is 0 Å². The highest BCUT2D eigenvalue weighted by molar-refractivity contribution is 6.46. The van der Waals surface area contributed by atoms with Gasteiger partial charge in [-0.1, -0.05) is 31.2 Å². The van der Waals surface area contributed by atoms with Crippen LogP contribution >= 0.6 is 0 Å². The third-order valence-corrected chi connectivity index (χ3v) is 6.49. The van der Waals surface area contributed by atoms with Crippen molar-refractivity contribution in [2.75, 3.05) is 13.7 Å². The van der Waals surface area contributed by atoms with E-state index in [1.165, 1.54) is 24.1 Å². The molecule has 0 aromatic heterocycles. The van der Waals surface area contributed by atoms with Crippen LogP contribution in [-0.4, -0.2) is 35.4 Å². The molecule has 1 N–H and O–H groups in total. The molecular formula is C30H28F3NO5. The van der Waals surface area contributed by atoms with Crippen LogP contribution in [0.5, 0.6) is 11.5 Å². The van der Waals surface area contributed by atoms with E-state index < -0.39 is 29.5 Å². The maximum Gasteiger partial charge on any atom is 0.416 e. The molecule has 1 aliphatic rings. The van der Waals surface area contributed by atoms with Gasteiger partial charge in [0.2, 0.25) is 0 Å². The number of rotatable bonds is 8. The predicted octanol–water partition coefficient (Wildman–Crippen LogP) is 6.43. The molecule has 0 aliphatic carbocycles. The summed E-state index contributed by atoms with van der Waals surface area (Å²) in [4.78, 5) is 27.7. The van der Waals surface area contributed by atoms with E-state index in [0.29, 0.717) is 29.2 Å². The van der Waals surface area contributed by atoms with Gasteiger partial charge in [0.05, 0.1) is 30.9 Å².